The van der Waals surface area contributed by atoms with Gasteiger partial charge in [0.25, 0.3) is 5.91 Å². The van der Waals surface area contributed by atoms with E-state index in [0.29, 0.717) is 12.1 Å². The number of amides is 1. The molecule has 1 aliphatic rings. The number of halogens is 2. The second kappa shape index (κ2) is 8.55. The van der Waals surface area contributed by atoms with Crippen molar-refractivity contribution >= 4 is 48.5 Å². The Balaban J connectivity index is 1.26. The maximum Gasteiger partial charge on any atom is 0.252 e. The van der Waals surface area contributed by atoms with Crippen molar-refractivity contribution in [1.82, 2.24) is 15.2 Å². The summed E-state index contributed by atoms with van der Waals surface area (Å²) >= 11 is 4.94. The molecule has 1 aromatic heterocycles. The highest BCUT2D eigenvalue weighted by molar-refractivity contribution is 9.10. The lowest BCUT2D eigenvalue weighted by Crippen LogP contribution is -2.48. The predicted octanol–water partition coefficient (Wildman–Crippen LogP) is 3.75. The normalized spacial score (nSPS) is 15.1. The third-order valence-corrected chi connectivity index (χ3v) is 6.58. The van der Waals surface area contributed by atoms with Crippen LogP contribution in [-0.2, 0) is 0 Å². The number of nitrogens with zero attached hydrogens (tertiary/aromatic N) is 3. The van der Waals surface area contributed by atoms with Gasteiger partial charge in [0, 0.05) is 43.7 Å². The van der Waals surface area contributed by atoms with Crippen LogP contribution in [0.2, 0.25) is 0 Å². The second-order valence-corrected chi connectivity index (χ2v) is 8.54. The van der Waals surface area contributed by atoms with Crippen molar-refractivity contribution in [2.45, 2.75) is 0 Å². The molecule has 146 valence electrons. The number of thiazole rings is 1. The van der Waals surface area contributed by atoms with Gasteiger partial charge in [-0.25, -0.2) is 9.37 Å². The van der Waals surface area contributed by atoms with Crippen LogP contribution < -0.4 is 10.2 Å². The van der Waals surface area contributed by atoms with E-state index in [9.17, 15) is 9.18 Å². The first-order chi connectivity index (χ1) is 13.6. The minimum Gasteiger partial charge on any atom is -0.351 e. The van der Waals surface area contributed by atoms with Gasteiger partial charge in [-0.2, -0.15) is 0 Å². The van der Waals surface area contributed by atoms with Crippen molar-refractivity contribution in [2.75, 3.05) is 44.2 Å². The van der Waals surface area contributed by atoms with Crippen molar-refractivity contribution in [3.63, 3.8) is 0 Å². The summed E-state index contributed by atoms with van der Waals surface area (Å²) in [7, 11) is 0. The van der Waals surface area contributed by atoms with Gasteiger partial charge >= 0.3 is 0 Å². The van der Waals surface area contributed by atoms with Crippen molar-refractivity contribution in [3.05, 3.63) is 58.3 Å². The maximum absolute atomic E-state index is 13.4. The molecule has 1 fully saturated rings. The fourth-order valence-corrected chi connectivity index (χ4v) is 4.76. The quantitative estimate of drug-likeness (QED) is 0.627. The number of rotatable bonds is 5. The van der Waals surface area contributed by atoms with Gasteiger partial charge in [-0.3, -0.25) is 9.69 Å². The number of carbonyl (C=O) groups excluding carboxylic acids is 1. The molecule has 4 rings (SSSR count). The van der Waals surface area contributed by atoms with E-state index in [1.165, 1.54) is 17.4 Å². The van der Waals surface area contributed by atoms with Crippen LogP contribution in [0.3, 0.4) is 0 Å². The first kappa shape index (κ1) is 19.3. The number of benzene rings is 2. The zero-order valence-electron chi connectivity index (χ0n) is 15.2. The zero-order chi connectivity index (χ0) is 19.5. The third kappa shape index (κ3) is 4.34. The lowest BCUT2D eigenvalue weighted by atomic mass is 10.2. The monoisotopic (exact) mass is 462 g/mol. The first-order valence-electron chi connectivity index (χ1n) is 9.16. The van der Waals surface area contributed by atoms with E-state index in [-0.39, 0.29) is 11.7 Å². The summed E-state index contributed by atoms with van der Waals surface area (Å²) in [5.74, 6) is -0.287. The molecule has 0 atom stereocenters. The van der Waals surface area contributed by atoms with Crippen LogP contribution in [0.15, 0.2) is 46.9 Å². The summed E-state index contributed by atoms with van der Waals surface area (Å²) in [6, 6.07) is 12.1. The fraction of sp³-hybridized carbons (Fsp3) is 0.300. The van der Waals surface area contributed by atoms with Gasteiger partial charge in [0.15, 0.2) is 5.13 Å². The predicted molar refractivity (Wildman–Crippen MR) is 115 cm³/mol. The van der Waals surface area contributed by atoms with Gasteiger partial charge in [-0.15, -0.1) is 0 Å². The van der Waals surface area contributed by atoms with Crippen LogP contribution in [0.4, 0.5) is 9.52 Å². The molecule has 28 heavy (non-hydrogen) atoms. The number of aromatic nitrogens is 1. The molecule has 8 heteroatoms. The van der Waals surface area contributed by atoms with E-state index in [0.717, 1.165) is 52.5 Å². The Labute approximate surface area is 175 Å². The molecule has 2 aromatic carbocycles. The molecule has 0 unspecified atom stereocenters. The molecular formula is C20H20BrFN4OS. The molecule has 1 aliphatic heterocycles. The summed E-state index contributed by atoms with van der Waals surface area (Å²) in [4.78, 5) is 21.5. The molecule has 0 aliphatic carbocycles. The molecule has 0 radical (unpaired) electrons. The Morgan fingerprint density at radius 1 is 1.18 bits per heavy atom. The summed E-state index contributed by atoms with van der Waals surface area (Å²) in [6.07, 6.45) is 0. The molecular weight excluding hydrogens is 443 g/mol. The van der Waals surface area contributed by atoms with E-state index in [2.05, 4.69) is 36.0 Å². The van der Waals surface area contributed by atoms with Gasteiger partial charge < -0.3 is 10.2 Å². The molecule has 0 spiro atoms. The van der Waals surface area contributed by atoms with Gasteiger partial charge in [0.05, 0.1) is 15.8 Å². The van der Waals surface area contributed by atoms with Crippen molar-refractivity contribution in [1.29, 1.82) is 0 Å². The van der Waals surface area contributed by atoms with E-state index < -0.39 is 0 Å². The SMILES string of the molecule is O=C(NCCN1CCN(c2nc3ccc(F)cc3s2)CC1)c1ccccc1Br. The molecule has 1 amide bonds. The minimum atomic E-state index is -0.225. The minimum absolute atomic E-state index is 0.0622. The van der Waals surface area contributed by atoms with Gasteiger partial charge in [0.1, 0.15) is 5.82 Å². The third-order valence-electron chi connectivity index (χ3n) is 4.81. The highest BCUT2D eigenvalue weighted by Gasteiger charge is 2.20. The average Bonchev–Trinajstić information content (AvgIpc) is 3.12. The van der Waals surface area contributed by atoms with Gasteiger partial charge in [0.2, 0.25) is 0 Å². The topological polar surface area (TPSA) is 48.5 Å². The molecule has 3 aromatic rings. The summed E-state index contributed by atoms with van der Waals surface area (Å²) in [5.41, 5.74) is 1.50. The molecule has 2 heterocycles. The standard InChI is InChI=1S/C20H20BrFN4OS/c21-16-4-2-1-3-15(16)19(27)23-7-8-25-9-11-26(12-10-25)20-24-17-6-5-14(22)13-18(17)28-20/h1-6,13H,7-12H2,(H,23,27). The maximum atomic E-state index is 13.4. The molecule has 0 bridgehead atoms. The van der Waals surface area contributed by atoms with Gasteiger partial charge in [-0.05, 0) is 46.3 Å². The summed E-state index contributed by atoms with van der Waals surface area (Å²) in [6.45, 7) is 5.00. The Morgan fingerprint density at radius 2 is 1.96 bits per heavy atom. The molecule has 1 saturated heterocycles. The Hall–Kier alpha value is -2.03. The van der Waals surface area contributed by atoms with Crippen LogP contribution in [-0.4, -0.2) is 55.1 Å². The highest BCUT2D eigenvalue weighted by atomic mass is 79.9. The summed E-state index contributed by atoms with van der Waals surface area (Å²) < 4.78 is 15.1. The number of carbonyl (C=O) groups is 1. The Morgan fingerprint density at radius 3 is 2.75 bits per heavy atom. The lowest BCUT2D eigenvalue weighted by Gasteiger charge is -2.34. The molecule has 5 nitrogen and oxygen atoms in total. The zero-order valence-corrected chi connectivity index (χ0v) is 17.6. The second-order valence-electron chi connectivity index (χ2n) is 6.67. The van der Waals surface area contributed by atoms with Crippen LogP contribution in [0.25, 0.3) is 10.2 Å². The van der Waals surface area contributed by atoms with Gasteiger partial charge in [-0.1, -0.05) is 23.5 Å². The Bertz CT molecular complexity index is 987. The average molecular weight is 463 g/mol. The number of hydrogen-bond acceptors (Lipinski definition) is 5. The van der Waals surface area contributed by atoms with Crippen LogP contribution >= 0.6 is 27.3 Å². The Kier molecular flexibility index (Phi) is 5.89. The molecule has 1 N–H and O–H groups in total. The number of fused-ring (bicyclic) bond motifs is 1. The van der Waals surface area contributed by atoms with E-state index in [1.807, 2.05) is 24.3 Å². The van der Waals surface area contributed by atoms with Crippen LogP contribution in [0, 0.1) is 5.82 Å². The lowest BCUT2D eigenvalue weighted by molar-refractivity contribution is 0.0947. The first-order valence-corrected chi connectivity index (χ1v) is 10.8. The van der Waals surface area contributed by atoms with E-state index >= 15 is 0 Å². The fourth-order valence-electron chi connectivity index (χ4n) is 3.25. The highest BCUT2D eigenvalue weighted by Crippen LogP contribution is 2.29. The van der Waals surface area contributed by atoms with Crippen LogP contribution in [0.1, 0.15) is 10.4 Å². The number of hydrogen-bond donors (Lipinski definition) is 1. The number of anilines is 1. The van der Waals surface area contributed by atoms with Crippen molar-refractivity contribution in [3.8, 4) is 0 Å². The number of nitrogens with one attached hydrogen (secondary N) is 1. The van der Waals surface area contributed by atoms with E-state index in [1.54, 1.807) is 12.1 Å². The van der Waals surface area contributed by atoms with E-state index in [4.69, 9.17) is 0 Å². The van der Waals surface area contributed by atoms with Crippen molar-refractivity contribution < 1.29 is 9.18 Å². The summed E-state index contributed by atoms with van der Waals surface area (Å²) in [5, 5.41) is 3.93. The largest absolute Gasteiger partial charge is 0.351 e. The van der Waals surface area contributed by atoms with Crippen LogP contribution in [0.5, 0.6) is 0 Å². The molecule has 0 saturated carbocycles. The number of piperazine rings is 1. The smallest absolute Gasteiger partial charge is 0.252 e. The van der Waals surface area contributed by atoms with Crippen molar-refractivity contribution in [2.24, 2.45) is 0 Å².